The van der Waals surface area contributed by atoms with Gasteiger partial charge in [0.25, 0.3) is 0 Å². The van der Waals surface area contributed by atoms with Crippen molar-refractivity contribution in [2.75, 3.05) is 5.88 Å². The van der Waals surface area contributed by atoms with Crippen LogP contribution in [0.2, 0.25) is 0 Å². The highest BCUT2D eigenvalue weighted by atomic mass is 35.5. The number of alkyl halides is 1. The molecule has 14 heavy (non-hydrogen) atoms. The Bertz CT molecular complexity index is 511. The molecule has 0 fully saturated rings. The van der Waals surface area contributed by atoms with Crippen LogP contribution < -0.4 is 0 Å². The predicted molar refractivity (Wildman–Crippen MR) is 57.1 cm³/mol. The molecule has 0 aliphatic heterocycles. The highest BCUT2D eigenvalue weighted by molar-refractivity contribution is 6.19. The van der Waals surface area contributed by atoms with Gasteiger partial charge in [0.05, 0.1) is 23.1 Å². The topological polar surface area (TPSA) is 25.8 Å². The third-order valence-electron chi connectivity index (χ3n) is 1.73. The predicted octanol–water partition coefficient (Wildman–Crippen LogP) is 2.22. The van der Waals surface area contributed by atoms with Crippen LogP contribution >= 0.6 is 11.6 Å². The molecule has 1 aromatic carbocycles. The molecule has 1 aromatic heterocycles. The van der Waals surface area contributed by atoms with E-state index >= 15 is 0 Å². The molecule has 0 unspecified atom stereocenters. The van der Waals surface area contributed by atoms with E-state index in [1.165, 1.54) is 0 Å². The Balaban J connectivity index is 2.51. The van der Waals surface area contributed by atoms with E-state index in [4.69, 9.17) is 11.6 Å². The third-order valence-corrected chi connectivity index (χ3v) is 1.87. The van der Waals surface area contributed by atoms with Gasteiger partial charge in [-0.05, 0) is 18.1 Å². The second-order valence-corrected chi connectivity index (χ2v) is 2.95. The summed E-state index contributed by atoms with van der Waals surface area (Å²) in [6, 6.07) is 7.69. The van der Waals surface area contributed by atoms with E-state index in [0.717, 1.165) is 11.0 Å². The maximum atomic E-state index is 5.45. The highest BCUT2D eigenvalue weighted by Gasteiger charge is 1.94. The Morgan fingerprint density at radius 2 is 2.00 bits per heavy atom. The van der Waals surface area contributed by atoms with Gasteiger partial charge in [-0.15, -0.1) is 11.6 Å². The Labute approximate surface area is 86.9 Å². The van der Waals surface area contributed by atoms with Crippen LogP contribution in [0.15, 0.2) is 30.5 Å². The van der Waals surface area contributed by atoms with E-state index in [9.17, 15) is 0 Å². The molecule has 2 aromatic rings. The first kappa shape index (κ1) is 8.98. The lowest BCUT2D eigenvalue weighted by atomic mass is 10.3. The largest absolute Gasteiger partial charge is 0.252 e. The fourth-order valence-electron chi connectivity index (χ4n) is 1.14. The van der Waals surface area contributed by atoms with Crippen molar-refractivity contribution in [2.24, 2.45) is 0 Å². The van der Waals surface area contributed by atoms with Gasteiger partial charge in [0, 0.05) is 0 Å². The van der Waals surface area contributed by atoms with Crippen LogP contribution in [0.1, 0.15) is 5.69 Å². The van der Waals surface area contributed by atoms with E-state index in [2.05, 4.69) is 21.8 Å². The van der Waals surface area contributed by atoms with E-state index in [1.807, 2.05) is 24.3 Å². The summed E-state index contributed by atoms with van der Waals surface area (Å²) in [7, 11) is 0. The number of aromatic nitrogens is 2. The summed E-state index contributed by atoms with van der Waals surface area (Å²) in [6.45, 7) is 0. The van der Waals surface area contributed by atoms with Crippen LogP contribution in [0.4, 0.5) is 0 Å². The molecular weight excluding hydrogens is 196 g/mol. The average molecular weight is 203 g/mol. The van der Waals surface area contributed by atoms with Crippen LogP contribution in [-0.2, 0) is 0 Å². The third kappa shape index (κ3) is 1.84. The Hall–Kier alpha value is -1.59. The lowest BCUT2D eigenvalue weighted by molar-refractivity contribution is 1.26. The van der Waals surface area contributed by atoms with Gasteiger partial charge in [-0.2, -0.15) is 0 Å². The van der Waals surface area contributed by atoms with Gasteiger partial charge in [0.15, 0.2) is 0 Å². The molecule has 1 heterocycles. The van der Waals surface area contributed by atoms with Crippen LogP contribution in [0, 0.1) is 11.8 Å². The van der Waals surface area contributed by atoms with Crippen LogP contribution in [0.5, 0.6) is 0 Å². The molecule has 0 radical (unpaired) electrons. The number of benzene rings is 1. The summed E-state index contributed by atoms with van der Waals surface area (Å²) in [4.78, 5) is 8.54. The van der Waals surface area contributed by atoms with Gasteiger partial charge in [-0.3, -0.25) is 4.98 Å². The molecule has 0 amide bonds. The monoisotopic (exact) mass is 202 g/mol. The minimum atomic E-state index is 0.314. The maximum absolute atomic E-state index is 5.45. The summed E-state index contributed by atoms with van der Waals surface area (Å²) in [6.07, 6.45) is 1.65. The first-order chi connectivity index (χ1) is 6.90. The van der Waals surface area contributed by atoms with Crippen molar-refractivity contribution in [1.82, 2.24) is 9.97 Å². The molecule has 0 atom stereocenters. The molecule has 0 aliphatic rings. The van der Waals surface area contributed by atoms with Crippen molar-refractivity contribution >= 4 is 22.6 Å². The van der Waals surface area contributed by atoms with E-state index in [0.29, 0.717) is 11.6 Å². The van der Waals surface area contributed by atoms with Crippen molar-refractivity contribution in [1.29, 1.82) is 0 Å². The Morgan fingerprint density at radius 1 is 1.21 bits per heavy atom. The summed E-state index contributed by atoms with van der Waals surface area (Å²) in [5.74, 6) is 5.89. The normalized spacial score (nSPS) is 9.50. The van der Waals surface area contributed by atoms with Gasteiger partial charge < -0.3 is 0 Å². The molecule has 2 rings (SSSR count). The number of hydrogen-bond acceptors (Lipinski definition) is 2. The number of nitrogens with zero attached hydrogens (tertiary/aromatic N) is 2. The molecule has 0 saturated carbocycles. The van der Waals surface area contributed by atoms with E-state index in [1.54, 1.807) is 6.20 Å². The van der Waals surface area contributed by atoms with Crippen molar-refractivity contribution < 1.29 is 0 Å². The minimum Gasteiger partial charge on any atom is -0.252 e. The first-order valence-corrected chi connectivity index (χ1v) is 4.70. The smallest absolute Gasteiger partial charge is 0.132 e. The summed E-state index contributed by atoms with van der Waals surface area (Å²) in [5.41, 5.74) is 2.39. The standard InChI is InChI=1S/C11H7ClN2/c12-7-3-4-9-8-13-10-5-1-2-6-11(10)14-9/h1-2,5-6,8H,7H2. The zero-order valence-electron chi connectivity index (χ0n) is 7.37. The summed E-state index contributed by atoms with van der Waals surface area (Å²) >= 11 is 5.45. The van der Waals surface area contributed by atoms with E-state index in [-0.39, 0.29) is 0 Å². The second kappa shape index (κ2) is 4.08. The van der Waals surface area contributed by atoms with Crippen molar-refractivity contribution in [3.8, 4) is 11.8 Å². The van der Waals surface area contributed by atoms with Crippen molar-refractivity contribution in [3.05, 3.63) is 36.2 Å². The fraction of sp³-hybridized carbons (Fsp3) is 0.0909. The number of halogens is 1. The molecular formula is C11H7ClN2. The molecule has 0 spiro atoms. The van der Waals surface area contributed by atoms with Gasteiger partial charge in [-0.1, -0.05) is 18.1 Å². The Morgan fingerprint density at radius 3 is 2.79 bits per heavy atom. The van der Waals surface area contributed by atoms with Crippen molar-refractivity contribution in [3.63, 3.8) is 0 Å². The zero-order chi connectivity index (χ0) is 9.80. The molecule has 3 heteroatoms. The Kier molecular flexibility index (Phi) is 2.62. The molecule has 0 saturated heterocycles. The minimum absolute atomic E-state index is 0.314. The van der Waals surface area contributed by atoms with E-state index < -0.39 is 0 Å². The number of rotatable bonds is 0. The number of para-hydroxylation sites is 2. The van der Waals surface area contributed by atoms with Crippen LogP contribution in [0.3, 0.4) is 0 Å². The van der Waals surface area contributed by atoms with Gasteiger partial charge >= 0.3 is 0 Å². The quantitative estimate of drug-likeness (QED) is 0.484. The number of fused-ring (bicyclic) bond motifs is 1. The summed E-state index contributed by atoms with van der Waals surface area (Å²) in [5, 5.41) is 0. The summed E-state index contributed by atoms with van der Waals surface area (Å²) < 4.78 is 0. The number of hydrogen-bond donors (Lipinski definition) is 0. The van der Waals surface area contributed by atoms with Gasteiger partial charge in [0.2, 0.25) is 0 Å². The molecule has 0 bridgehead atoms. The maximum Gasteiger partial charge on any atom is 0.132 e. The SMILES string of the molecule is ClCC#Cc1cnc2ccccc2n1. The molecule has 0 N–H and O–H groups in total. The molecule has 0 aliphatic carbocycles. The van der Waals surface area contributed by atoms with Crippen molar-refractivity contribution in [2.45, 2.75) is 0 Å². The first-order valence-electron chi connectivity index (χ1n) is 4.17. The van der Waals surface area contributed by atoms with Crippen LogP contribution in [-0.4, -0.2) is 15.8 Å². The van der Waals surface area contributed by atoms with Gasteiger partial charge in [0.1, 0.15) is 5.69 Å². The molecule has 2 nitrogen and oxygen atoms in total. The highest BCUT2D eigenvalue weighted by Crippen LogP contribution is 2.07. The zero-order valence-corrected chi connectivity index (χ0v) is 8.12. The average Bonchev–Trinajstić information content (AvgIpc) is 2.26. The molecule has 68 valence electrons. The second-order valence-electron chi connectivity index (χ2n) is 2.68. The fourth-order valence-corrected chi connectivity index (χ4v) is 1.21. The van der Waals surface area contributed by atoms with Crippen LogP contribution in [0.25, 0.3) is 11.0 Å². The lowest BCUT2D eigenvalue weighted by Gasteiger charge is -1.95. The van der Waals surface area contributed by atoms with Gasteiger partial charge in [-0.25, -0.2) is 4.98 Å². The lowest BCUT2D eigenvalue weighted by Crippen LogP contribution is -1.87.